The smallest absolute Gasteiger partial charge is 0.164 e. The Bertz CT molecular complexity index is 10900. The van der Waals surface area contributed by atoms with Crippen LogP contribution in [0.5, 0.6) is 0 Å². The van der Waals surface area contributed by atoms with Crippen LogP contribution in [0.2, 0.25) is 26.2 Å². The number of fused-ring (bicyclic) bond motifs is 19. The average molecular weight is 1770 g/mol. The van der Waals surface area contributed by atoms with Gasteiger partial charge in [0.25, 0.3) is 0 Å². The molecule has 0 fully saturated rings. The molecule has 26 rings (SSSR count). The Morgan fingerprint density at radius 2 is 0.702 bits per heavy atom. The Morgan fingerprint density at radius 1 is 0.237 bits per heavy atom. The molecular formula is C117H79N9O2SSi2. The van der Waals surface area contributed by atoms with Crippen molar-refractivity contribution >= 4 is 134 Å². The zero-order chi connectivity index (χ0) is 118. The number of hydrogen-bond donors (Lipinski definition) is 0. The predicted octanol–water partition coefficient (Wildman–Crippen LogP) is 28.0. The maximum Gasteiger partial charge on any atom is 0.164 e. The first-order chi connectivity index (χ1) is 79.0. The Labute approximate surface area is 810 Å². The molecule has 0 amide bonds. The topological polar surface area (TPSA) is 142 Å². The summed E-state index contributed by atoms with van der Waals surface area (Å²) in [5.41, 5.74) is 3.77. The molecule has 8 heterocycles. The lowest BCUT2D eigenvalue weighted by molar-refractivity contribution is 0.669. The maximum atomic E-state index is 9.41. The molecule has 24 aromatic rings. The molecule has 0 aliphatic carbocycles. The molecule has 0 bridgehead atoms. The molecule has 0 unspecified atom stereocenters. The van der Waals surface area contributed by atoms with Gasteiger partial charge in [-0.25, -0.2) is 44.9 Å². The number of benzene rings is 18. The first kappa shape index (κ1) is 49.8. The van der Waals surface area contributed by atoms with Crippen LogP contribution in [0.4, 0.5) is 0 Å². The van der Waals surface area contributed by atoms with Gasteiger partial charge in [-0.15, -0.1) is 11.3 Å². The third-order valence-corrected chi connectivity index (χ3v) is 31.5. The van der Waals surface area contributed by atoms with E-state index in [9.17, 15) is 6.85 Å². The van der Waals surface area contributed by atoms with E-state index in [2.05, 4.69) is 69.4 Å². The second-order valence-corrected chi connectivity index (χ2v) is 41.6. The summed E-state index contributed by atoms with van der Waals surface area (Å²) < 4.78 is 317. The lowest BCUT2D eigenvalue weighted by Gasteiger charge is -2.19. The largest absolute Gasteiger partial charge is 0.456 e. The monoisotopic (exact) mass is 1760 g/mol. The summed E-state index contributed by atoms with van der Waals surface area (Å²) in [5.74, 6) is -0.759. The van der Waals surface area contributed by atoms with Gasteiger partial charge < -0.3 is 8.83 Å². The van der Waals surface area contributed by atoms with Crippen LogP contribution in [0.25, 0.3) is 233 Å². The van der Waals surface area contributed by atoms with Gasteiger partial charge in [0.1, 0.15) is 38.5 Å². The van der Waals surface area contributed by atoms with E-state index in [4.69, 9.17) is 74.9 Å². The van der Waals surface area contributed by atoms with Crippen LogP contribution < -0.4 is 20.7 Å². The minimum atomic E-state index is -3.13. The van der Waals surface area contributed by atoms with Crippen LogP contribution in [0, 0.1) is 0 Å². The third-order valence-electron chi connectivity index (χ3n) is 23.5. The second kappa shape index (κ2) is 32.0. The summed E-state index contributed by atoms with van der Waals surface area (Å²) in [7, 11) is -5.46. The molecule has 618 valence electrons. The zero-order valence-corrected chi connectivity index (χ0v) is 72.0. The minimum Gasteiger partial charge on any atom is -0.456 e. The Morgan fingerprint density at radius 3 is 1.38 bits per heavy atom. The summed E-state index contributed by atoms with van der Waals surface area (Å²) >= 11 is 1.66. The van der Waals surface area contributed by atoms with Gasteiger partial charge in [0.15, 0.2) is 52.4 Å². The molecule has 18 aromatic carbocycles. The molecule has 0 spiro atoms. The van der Waals surface area contributed by atoms with Crippen LogP contribution in [-0.2, 0) is 0 Å². The van der Waals surface area contributed by atoms with Crippen LogP contribution in [0.15, 0.2) is 414 Å². The van der Waals surface area contributed by atoms with Gasteiger partial charge in [-0.3, -0.25) is 0 Å². The van der Waals surface area contributed by atoms with E-state index in [-0.39, 0.29) is 131 Å². The lowest BCUT2D eigenvalue weighted by Crippen LogP contribution is -2.49. The fourth-order valence-corrected chi connectivity index (χ4v) is 24.2. The predicted molar refractivity (Wildman–Crippen MR) is 546 cm³/mol. The molecule has 2 aliphatic rings. The molecule has 0 atom stereocenters. The molecule has 0 radical (unpaired) electrons. The van der Waals surface area contributed by atoms with Crippen molar-refractivity contribution in [2.24, 2.45) is 0 Å². The normalized spacial score (nSPS) is 16.4. The summed E-state index contributed by atoms with van der Waals surface area (Å²) in [6, 6.07) is 43.4. The van der Waals surface area contributed by atoms with E-state index in [0.717, 1.165) is 69.2 Å². The lowest BCUT2D eigenvalue weighted by atomic mass is 9.96. The summed E-state index contributed by atoms with van der Waals surface area (Å²) in [5, 5.41) is 9.02. The minimum absolute atomic E-state index is 0.00485. The van der Waals surface area contributed by atoms with E-state index in [1.807, 2.05) is 159 Å². The van der Waals surface area contributed by atoms with E-state index in [1.165, 1.54) is 5.19 Å². The standard InChI is InChI=1S/C41H29N3OSi.C39H29N3Si.C37H21N3OS/c1-46(2)34-19-11-17-32(36(34)37-35(46)25-24-31-30-16-9-10-18-33(30)45-38(31)37)41-43-39(28-14-7-4-8-15-28)42-40(44-41)29-22-20-27(21-23-29)26-12-5-3-6-13-26;1-43(2)34-19-11-18-32(36(34)33-24-30-16-9-10-17-31(30)25-35(33)43)39-41-37(28-14-7-4-8-15-28)40-38(42-39)29-22-20-27(21-23-29)26-12-5-3-6-13-26;1-2-8-22(9-3-1)35-38-36(40-37(39-35)25-16-18-28-27-10-4-6-12-31(27)41-32(28)21-25)24-15-17-26-23(20-24)14-19-30-29-11-5-7-13-33(29)42-34(26)30/h3-25H,1-2H3;3-25H,1-2H3;1-21H/i9D,10D,11D,16D,17D,18D,19D,24D,25D;3D,4D,5D,6D,7D,8D,12D,13D,14D,15D,20D,21D,22D,23D;1D,2D,3D,4D,6D,8D,9D,10D,12D,16D,18D,21D. The Hall–Kier alpha value is -16.2. The summed E-state index contributed by atoms with van der Waals surface area (Å²) in [6.07, 6.45) is 0. The molecule has 11 nitrogen and oxygen atoms in total. The van der Waals surface area contributed by atoms with E-state index >= 15 is 0 Å². The number of thiophene rings is 1. The fraction of sp³-hybridized carbons (Fsp3) is 0.0342. The van der Waals surface area contributed by atoms with Gasteiger partial charge >= 0.3 is 0 Å². The van der Waals surface area contributed by atoms with Gasteiger partial charge in [0.05, 0.1) is 48.0 Å². The third kappa shape index (κ3) is 13.9. The van der Waals surface area contributed by atoms with Crippen molar-refractivity contribution in [2.45, 2.75) is 26.2 Å². The Kier molecular flexibility index (Phi) is 12.1. The van der Waals surface area contributed by atoms with Gasteiger partial charge in [0.2, 0.25) is 0 Å². The number of para-hydroxylation sites is 2. The van der Waals surface area contributed by atoms with Gasteiger partial charge in [-0.05, 0) is 124 Å². The van der Waals surface area contributed by atoms with Gasteiger partial charge in [-0.2, -0.15) is 0 Å². The fourth-order valence-electron chi connectivity index (χ4n) is 17.1. The zero-order valence-electron chi connectivity index (χ0n) is 104. The summed E-state index contributed by atoms with van der Waals surface area (Å²) in [6.45, 7) is 8.31. The number of furan rings is 2. The van der Waals surface area contributed by atoms with Crippen LogP contribution >= 0.6 is 11.3 Å². The van der Waals surface area contributed by atoms with Crippen molar-refractivity contribution in [2.75, 3.05) is 0 Å². The molecule has 0 saturated heterocycles. The SMILES string of the molecule is [2H]c1c([2H])c(-c2nc(-c3ccccc3)nc(-c3ccc(-c4ccccc4)cc3)n2)c2c(c1[2H])[Si](C)(C)c1c([2H])c([2H])c3c(oc4c([2H])c([2H])c([2H])c([2H])c43)c1-2.[2H]c1c([2H])c([2H])c(-c2nc(-c3ccc4c(ccc5c6ccccc6sc45)c3)nc(-c3c([2H])c([2H])c4c(oc5c([2H])c([2H])c([2H])c([2H])c54)c3[2H])n2)c([2H])c1[2H].[2H]c1c([2H])c([2H])c(-c2nc(-c3cccc4c3-c3cc5ccccc5cc3[Si]4(C)C)nc(-c3c([2H])c([2H])c(-c4c([2H])c([2H])c([2H])c([2H])c4[2H])c([2H])c3[2H])n2)c([2H])c1[2H]. The van der Waals surface area contributed by atoms with Crippen LogP contribution in [0.1, 0.15) is 48.0 Å². The highest BCUT2D eigenvalue weighted by Gasteiger charge is 2.43. The highest BCUT2D eigenvalue weighted by molar-refractivity contribution is 7.26. The highest BCUT2D eigenvalue weighted by atomic mass is 32.1. The molecule has 0 saturated carbocycles. The average Bonchev–Trinajstić information content (AvgIpc) is 1.51. The summed E-state index contributed by atoms with van der Waals surface area (Å²) in [4.78, 5) is 42.3. The number of hydrogen-bond acceptors (Lipinski definition) is 12. The molecule has 131 heavy (non-hydrogen) atoms. The van der Waals surface area contributed by atoms with Crippen molar-refractivity contribution < 1.29 is 56.8 Å². The van der Waals surface area contributed by atoms with Gasteiger partial charge in [0, 0.05) is 97.4 Å². The van der Waals surface area contributed by atoms with Crippen LogP contribution in [0.3, 0.4) is 0 Å². The van der Waals surface area contributed by atoms with E-state index in [1.54, 1.807) is 23.5 Å². The maximum absolute atomic E-state index is 9.41. The molecular weight excluding hydrogens is 1650 g/mol. The molecule has 6 aromatic heterocycles. The number of nitrogens with zero attached hydrogens (tertiary/aromatic N) is 9. The van der Waals surface area contributed by atoms with E-state index in [0.29, 0.717) is 55.4 Å². The van der Waals surface area contributed by atoms with Crippen molar-refractivity contribution in [3.05, 3.63) is 406 Å². The van der Waals surface area contributed by atoms with Crippen molar-refractivity contribution in [1.29, 1.82) is 0 Å². The van der Waals surface area contributed by atoms with E-state index < -0.39 is 220 Å². The molecule has 2 aliphatic heterocycles. The Balaban J connectivity index is 0.000000129. The molecule has 0 N–H and O–H groups in total. The quantitative estimate of drug-likeness (QED) is 0.114. The number of aromatic nitrogens is 9. The first-order valence-corrected chi connectivity index (χ1v) is 48.2. The van der Waals surface area contributed by atoms with Gasteiger partial charge in [-0.1, -0.05) is 389 Å². The highest BCUT2D eigenvalue weighted by Crippen LogP contribution is 2.46. The van der Waals surface area contributed by atoms with Crippen molar-refractivity contribution in [3.8, 4) is 147 Å². The van der Waals surface area contributed by atoms with Crippen molar-refractivity contribution in [1.82, 2.24) is 44.9 Å². The molecule has 14 heteroatoms. The van der Waals surface area contributed by atoms with Crippen LogP contribution in [-0.4, -0.2) is 61.0 Å². The number of rotatable bonds is 11. The second-order valence-electron chi connectivity index (χ2n) is 31.9. The first-order valence-electron chi connectivity index (χ1n) is 58.8. The van der Waals surface area contributed by atoms with Crippen molar-refractivity contribution in [3.63, 3.8) is 0 Å².